The number of carboxylic acid groups (broad SMARTS) is 1. The summed E-state index contributed by atoms with van der Waals surface area (Å²) in [5.74, 6) is -0.832. The molecule has 0 aliphatic heterocycles. The molecule has 2 aromatic carbocycles. The largest absolute Gasteiger partial charge is 1.00 e. The number of aliphatic carboxylic acids is 1. The first-order valence-corrected chi connectivity index (χ1v) is 9.04. The van der Waals surface area contributed by atoms with E-state index in [0.717, 1.165) is 22.0 Å². The van der Waals surface area contributed by atoms with Crippen LogP contribution in [0.1, 0.15) is 11.1 Å². The van der Waals surface area contributed by atoms with Crippen LogP contribution in [-0.4, -0.2) is 28.4 Å². The van der Waals surface area contributed by atoms with Crippen LogP contribution in [0, 0.1) is 0 Å². The van der Waals surface area contributed by atoms with Crippen molar-refractivity contribution >= 4 is 28.6 Å². The summed E-state index contributed by atoms with van der Waals surface area (Å²) in [6.45, 7) is 0.536. The van der Waals surface area contributed by atoms with Gasteiger partial charge in [-0.25, -0.2) is 0 Å². The summed E-state index contributed by atoms with van der Waals surface area (Å²) < 4.78 is 0. The number of fused-ring (bicyclic) bond motifs is 1. The van der Waals surface area contributed by atoms with Crippen molar-refractivity contribution in [3.05, 3.63) is 65.9 Å². The predicted octanol–water partition coefficient (Wildman–Crippen LogP) is 0.679. The second-order valence-corrected chi connectivity index (χ2v) is 6.56. The summed E-state index contributed by atoms with van der Waals surface area (Å²) in [4.78, 5) is 16.0. The molecular weight excluding hydrogens is 356 g/mol. The first kappa shape index (κ1) is 19.4. The van der Waals surface area contributed by atoms with Crippen molar-refractivity contribution in [2.24, 2.45) is 0 Å². The minimum Gasteiger partial charge on any atom is -1.00 e. The molecule has 132 valence electrons. The number of halogens is 1. The van der Waals surface area contributed by atoms with E-state index in [-0.39, 0.29) is 12.4 Å². The van der Waals surface area contributed by atoms with Crippen molar-refractivity contribution < 1.29 is 22.3 Å². The Morgan fingerprint density at radius 2 is 1.92 bits per heavy atom. The highest BCUT2D eigenvalue weighted by atomic mass is 35.5. The first-order valence-electron chi connectivity index (χ1n) is 7.81. The molecule has 1 heterocycles. The molecule has 4 nitrogen and oxygen atoms in total. The van der Waals surface area contributed by atoms with Crippen LogP contribution < -0.4 is 17.7 Å². The van der Waals surface area contributed by atoms with Gasteiger partial charge in [0.15, 0.2) is 0 Å². The summed E-state index contributed by atoms with van der Waals surface area (Å²) in [6, 6.07) is 15.5. The van der Waals surface area contributed by atoms with Gasteiger partial charge in [-0.2, -0.15) is 0 Å². The first-order chi connectivity index (χ1) is 11.7. The average Bonchev–Trinajstić information content (AvgIpc) is 3.02. The number of aromatic nitrogens is 1. The third-order valence-corrected chi connectivity index (χ3v) is 4.85. The summed E-state index contributed by atoms with van der Waals surface area (Å²) in [7, 11) is 0. The Labute approximate surface area is 157 Å². The van der Waals surface area contributed by atoms with Crippen molar-refractivity contribution in [2.45, 2.75) is 23.9 Å². The highest BCUT2D eigenvalue weighted by Gasteiger charge is 2.19. The topological polar surface area (TPSA) is 65.1 Å². The highest BCUT2D eigenvalue weighted by molar-refractivity contribution is 7.98. The van der Waals surface area contributed by atoms with Gasteiger partial charge in [0.2, 0.25) is 0 Å². The summed E-state index contributed by atoms with van der Waals surface area (Å²) in [5.41, 5.74) is 3.13. The Bertz CT molecular complexity index is 833. The summed E-state index contributed by atoms with van der Waals surface area (Å²) in [6.07, 6.45) is 4.38. The SMILES string of the molecule is CSc1ccc(CNC(Cc2c[nH]c3ccccc23)C(=O)O)cc1.[Cl-]. The molecule has 0 aliphatic carbocycles. The maximum Gasteiger partial charge on any atom is 0.321 e. The van der Waals surface area contributed by atoms with E-state index in [1.165, 1.54) is 4.90 Å². The van der Waals surface area contributed by atoms with Crippen molar-refractivity contribution in [3.63, 3.8) is 0 Å². The maximum absolute atomic E-state index is 11.6. The molecule has 3 aromatic rings. The second kappa shape index (κ2) is 8.94. The molecule has 0 amide bonds. The molecule has 1 unspecified atom stereocenters. The third kappa shape index (κ3) is 4.78. The Morgan fingerprint density at radius 3 is 2.60 bits per heavy atom. The molecule has 0 aliphatic rings. The van der Waals surface area contributed by atoms with Crippen LogP contribution in [0.15, 0.2) is 59.6 Å². The maximum atomic E-state index is 11.6. The second-order valence-electron chi connectivity index (χ2n) is 5.68. The fraction of sp³-hybridized carbons (Fsp3) is 0.211. The van der Waals surface area contributed by atoms with Crippen LogP contribution in [0.3, 0.4) is 0 Å². The summed E-state index contributed by atoms with van der Waals surface area (Å²) >= 11 is 1.69. The number of H-pyrrole nitrogens is 1. The van der Waals surface area contributed by atoms with E-state index in [1.54, 1.807) is 11.8 Å². The van der Waals surface area contributed by atoms with Gasteiger partial charge in [-0.1, -0.05) is 30.3 Å². The van der Waals surface area contributed by atoms with E-state index in [2.05, 4.69) is 22.4 Å². The van der Waals surface area contributed by atoms with E-state index < -0.39 is 12.0 Å². The lowest BCUT2D eigenvalue weighted by molar-refractivity contribution is -0.139. The number of aromatic amines is 1. The lowest BCUT2D eigenvalue weighted by Crippen LogP contribution is -3.00. The van der Waals surface area contributed by atoms with Crippen molar-refractivity contribution in [3.8, 4) is 0 Å². The molecule has 0 radical (unpaired) electrons. The molecule has 1 aromatic heterocycles. The molecular formula is C19H20ClN2O2S-. The lowest BCUT2D eigenvalue weighted by atomic mass is 10.0. The fourth-order valence-corrected chi connectivity index (χ4v) is 3.16. The molecule has 6 heteroatoms. The number of rotatable bonds is 7. The van der Waals surface area contributed by atoms with Crippen LogP contribution in [0.25, 0.3) is 10.9 Å². The van der Waals surface area contributed by atoms with E-state index in [9.17, 15) is 9.90 Å². The lowest BCUT2D eigenvalue weighted by Gasteiger charge is -2.14. The number of carbonyl (C=O) groups is 1. The molecule has 0 fully saturated rings. The number of nitrogens with one attached hydrogen (secondary N) is 2. The number of carboxylic acids is 1. The normalized spacial score (nSPS) is 11.9. The third-order valence-electron chi connectivity index (χ3n) is 4.11. The van der Waals surface area contributed by atoms with Gasteiger partial charge in [0, 0.05) is 35.0 Å². The van der Waals surface area contributed by atoms with Gasteiger partial charge in [0.1, 0.15) is 6.04 Å². The zero-order chi connectivity index (χ0) is 16.9. The van der Waals surface area contributed by atoms with Crippen LogP contribution in [0.4, 0.5) is 0 Å². The monoisotopic (exact) mass is 375 g/mol. The molecule has 0 bridgehead atoms. The minimum atomic E-state index is -0.832. The molecule has 1 atom stereocenters. The molecule has 3 N–H and O–H groups in total. The van der Waals surface area contributed by atoms with E-state index in [0.29, 0.717) is 13.0 Å². The Hall–Kier alpha value is -1.95. The predicted molar refractivity (Wildman–Crippen MR) is 98.5 cm³/mol. The Kier molecular flexibility index (Phi) is 6.93. The van der Waals surface area contributed by atoms with E-state index >= 15 is 0 Å². The van der Waals surface area contributed by atoms with Gasteiger partial charge in [-0.15, -0.1) is 11.8 Å². The van der Waals surface area contributed by atoms with Crippen LogP contribution >= 0.6 is 11.8 Å². The molecule has 0 spiro atoms. The van der Waals surface area contributed by atoms with E-state index in [1.807, 2.05) is 48.9 Å². The van der Waals surface area contributed by atoms with Gasteiger partial charge < -0.3 is 27.8 Å². The van der Waals surface area contributed by atoms with Crippen LogP contribution in [-0.2, 0) is 17.8 Å². The summed E-state index contributed by atoms with van der Waals surface area (Å²) in [5, 5.41) is 13.8. The zero-order valence-electron chi connectivity index (χ0n) is 13.8. The van der Waals surface area contributed by atoms with Crippen LogP contribution in [0.2, 0.25) is 0 Å². The number of hydrogen-bond acceptors (Lipinski definition) is 3. The van der Waals surface area contributed by atoms with Gasteiger partial charge in [0.05, 0.1) is 0 Å². The van der Waals surface area contributed by atoms with Gasteiger partial charge >= 0.3 is 5.97 Å². The fourth-order valence-electron chi connectivity index (χ4n) is 2.75. The van der Waals surface area contributed by atoms with E-state index in [4.69, 9.17) is 0 Å². The van der Waals surface area contributed by atoms with Crippen molar-refractivity contribution in [2.75, 3.05) is 6.26 Å². The number of thioether (sulfide) groups is 1. The smallest absolute Gasteiger partial charge is 0.321 e. The van der Waals surface area contributed by atoms with Gasteiger partial charge in [0.25, 0.3) is 0 Å². The van der Waals surface area contributed by atoms with Crippen molar-refractivity contribution in [1.29, 1.82) is 0 Å². The molecule has 25 heavy (non-hydrogen) atoms. The van der Waals surface area contributed by atoms with Crippen molar-refractivity contribution in [1.82, 2.24) is 10.3 Å². The van der Waals surface area contributed by atoms with Gasteiger partial charge in [-0.05, 0) is 35.6 Å². The van der Waals surface area contributed by atoms with Gasteiger partial charge in [-0.3, -0.25) is 4.79 Å². The Morgan fingerprint density at radius 1 is 1.20 bits per heavy atom. The average molecular weight is 376 g/mol. The molecule has 0 saturated carbocycles. The highest BCUT2D eigenvalue weighted by Crippen LogP contribution is 2.19. The number of para-hydroxylation sites is 1. The number of benzene rings is 2. The molecule has 0 saturated heterocycles. The standard InChI is InChI=1S/C19H20N2O2S.ClH/c1-24-15-8-6-13(7-9-15)11-20-18(19(22)23)10-14-12-21-17-5-3-2-4-16(14)17;/h2-9,12,18,20-21H,10-11H2,1H3,(H,22,23);1H/p-1. The minimum absolute atomic E-state index is 0. The number of hydrogen-bond donors (Lipinski definition) is 3. The van der Waals surface area contributed by atoms with Crippen LogP contribution in [0.5, 0.6) is 0 Å². The Balaban J connectivity index is 0.00000225. The quantitative estimate of drug-likeness (QED) is 0.531. The zero-order valence-corrected chi connectivity index (χ0v) is 15.4. The molecule has 3 rings (SSSR count).